The number of carbonyl (C=O) groups excluding carboxylic acids is 1. The van der Waals surface area contributed by atoms with Crippen LogP contribution < -0.4 is 10.6 Å². The van der Waals surface area contributed by atoms with E-state index in [2.05, 4.69) is 17.6 Å². The Morgan fingerprint density at radius 3 is 2.61 bits per heavy atom. The summed E-state index contributed by atoms with van der Waals surface area (Å²) in [6.07, 6.45) is 6.69. The van der Waals surface area contributed by atoms with E-state index >= 15 is 0 Å². The van der Waals surface area contributed by atoms with E-state index in [-0.39, 0.29) is 11.9 Å². The highest BCUT2D eigenvalue weighted by atomic mass is 16.4. The summed E-state index contributed by atoms with van der Waals surface area (Å²) in [6, 6.07) is -0.547. The number of hydrogen-bond donors (Lipinski definition) is 3. The molecule has 1 amide bonds. The predicted octanol–water partition coefficient (Wildman–Crippen LogP) is 1.28. The molecule has 1 heterocycles. The zero-order valence-electron chi connectivity index (χ0n) is 11.1. The van der Waals surface area contributed by atoms with E-state index in [1.54, 1.807) is 0 Å². The molecule has 18 heavy (non-hydrogen) atoms. The smallest absolute Gasteiger partial charge is 0.320 e. The minimum absolute atomic E-state index is 0.0331. The molecule has 0 bridgehead atoms. The number of carboxylic acids is 1. The van der Waals surface area contributed by atoms with Gasteiger partial charge in [0, 0.05) is 19.0 Å². The molecule has 5 nitrogen and oxygen atoms in total. The maximum absolute atomic E-state index is 11.6. The number of hydrogen-bond acceptors (Lipinski definition) is 3. The molecule has 1 fully saturated rings. The van der Waals surface area contributed by atoms with Crippen LogP contribution in [0.5, 0.6) is 0 Å². The molecule has 0 unspecified atom stereocenters. The summed E-state index contributed by atoms with van der Waals surface area (Å²) < 4.78 is 0. The molecule has 1 saturated heterocycles. The van der Waals surface area contributed by atoms with Gasteiger partial charge in [0.2, 0.25) is 5.91 Å². The molecule has 1 aliphatic rings. The van der Waals surface area contributed by atoms with Gasteiger partial charge in [-0.25, -0.2) is 0 Å². The number of aliphatic carboxylic acids is 1. The van der Waals surface area contributed by atoms with Crippen molar-refractivity contribution in [2.45, 2.75) is 64.0 Å². The van der Waals surface area contributed by atoms with Crippen LogP contribution in [0.4, 0.5) is 0 Å². The monoisotopic (exact) mass is 256 g/mol. The van der Waals surface area contributed by atoms with Crippen LogP contribution >= 0.6 is 0 Å². The molecule has 0 aromatic carbocycles. The van der Waals surface area contributed by atoms with Gasteiger partial charge in [-0.2, -0.15) is 0 Å². The van der Waals surface area contributed by atoms with Crippen molar-refractivity contribution in [3.8, 4) is 0 Å². The first-order valence-corrected chi connectivity index (χ1v) is 6.89. The second-order valence-corrected chi connectivity index (χ2v) is 4.96. The summed E-state index contributed by atoms with van der Waals surface area (Å²) in [5, 5.41) is 14.6. The van der Waals surface area contributed by atoms with Crippen molar-refractivity contribution in [2.75, 3.05) is 6.54 Å². The highest BCUT2D eigenvalue weighted by Crippen LogP contribution is 2.08. The third-order valence-electron chi connectivity index (χ3n) is 3.30. The van der Waals surface area contributed by atoms with Gasteiger partial charge in [-0.1, -0.05) is 32.6 Å². The van der Waals surface area contributed by atoms with Crippen molar-refractivity contribution in [1.29, 1.82) is 0 Å². The van der Waals surface area contributed by atoms with Gasteiger partial charge in [0.05, 0.1) is 0 Å². The average molecular weight is 256 g/mol. The fourth-order valence-corrected chi connectivity index (χ4v) is 2.22. The molecule has 0 saturated carbocycles. The molecule has 3 N–H and O–H groups in total. The van der Waals surface area contributed by atoms with Gasteiger partial charge in [0.1, 0.15) is 6.04 Å². The standard InChI is InChI=1S/C13H24N2O3/c1-2-3-4-5-6-7-12(16)15-10-8-11(13(17)18)14-9-10/h10-11,14H,2-9H2,1H3,(H,15,16)(H,17,18)/t10-,11+/m0/s1. The molecule has 0 radical (unpaired) electrons. The maximum atomic E-state index is 11.6. The van der Waals surface area contributed by atoms with Crippen molar-refractivity contribution in [2.24, 2.45) is 0 Å². The van der Waals surface area contributed by atoms with Crippen LogP contribution in [0.3, 0.4) is 0 Å². The molecule has 1 rings (SSSR count). The molecule has 5 heteroatoms. The van der Waals surface area contributed by atoms with Crippen molar-refractivity contribution in [1.82, 2.24) is 10.6 Å². The van der Waals surface area contributed by atoms with Gasteiger partial charge < -0.3 is 15.7 Å². The van der Waals surface area contributed by atoms with E-state index in [0.717, 1.165) is 12.8 Å². The Morgan fingerprint density at radius 2 is 2.00 bits per heavy atom. The first-order valence-electron chi connectivity index (χ1n) is 6.89. The molecule has 104 valence electrons. The van der Waals surface area contributed by atoms with Gasteiger partial charge in [-0.15, -0.1) is 0 Å². The van der Waals surface area contributed by atoms with Gasteiger partial charge in [0.15, 0.2) is 0 Å². The van der Waals surface area contributed by atoms with E-state index in [9.17, 15) is 9.59 Å². The fraction of sp³-hybridized carbons (Fsp3) is 0.846. The Bertz CT molecular complexity index is 281. The number of rotatable bonds is 8. The number of nitrogens with one attached hydrogen (secondary N) is 2. The summed E-state index contributed by atoms with van der Waals surface area (Å²) in [7, 11) is 0. The summed E-state index contributed by atoms with van der Waals surface area (Å²) in [5.41, 5.74) is 0. The lowest BCUT2D eigenvalue weighted by molar-refractivity contribution is -0.139. The number of amides is 1. The zero-order valence-corrected chi connectivity index (χ0v) is 11.1. The second kappa shape index (κ2) is 8.08. The largest absolute Gasteiger partial charge is 0.480 e. The minimum atomic E-state index is -0.841. The SMILES string of the molecule is CCCCCCCC(=O)N[C@@H]1CN[C@@H](C(=O)O)C1. The highest BCUT2D eigenvalue weighted by Gasteiger charge is 2.29. The molecule has 0 aromatic rings. The van der Waals surface area contributed by atoms with Gasteiger partial charge in [-0.05, 0) is 12.8 Å². The lowest BCUT2D eigenvalue weighted by atomic mass is 10.1. The molecular formula is C13H24N2O3. The zero-order chi connectivity index (χ0) is 13.4. The molecule has 0 aliphatic carbocycles. The van der Waals surface area contributed by atoms with E-state index < -0.39 is 12.0 Å². The van der Waals surface area contributed by atoms with Crippen molar-refractivity contribution >= 4 is 11.9 Å². The Balaban J connectivity index is 2.08. The van der Waals surface area contributed by atoms with Gasteiger partial charge in [0.25, 0.3) is 0 Å². The van der Waals surface area contributed by atoms with E-state index in [0.29, 0.717) is 19.4 Å². The average Bonchev–Trinajstić information content (AvgIpc) is 2.77. The normalized spacial score (nSPS) is 22.9. The lowest BCUT2D eigenvalue weighted by Gasteiger charge is -2.11. The predicted molar refractivity (Wildman–Crippen MR) is 69.4 cm³/mol. The van der Waals surface area contributed by atoms with Crippen LogP contribution in [-0.2, 0) is 9.59 Å². The van der Waals surface area contributed by atoms with Crippen LogP contribution in [0, 0.1) is 0 Å². The number of carboxylic acid groups (broad SMARTS) is 1. The Kier molecular flexibility index (Phi) is 6.72. The van der Waals surface area contributed by atoms with Crippen LogP contribution in [0.2, 0.25) is 0 Å². The summed E-state index contributed by atoms with van der Waals surface area (Å²) in [6.45, 7) is 2.72. The first-order chi connectivity index (χ1) is 8.63. The molecule has 1 aliphatic heterocycles. The summed E-state index contributed by atoms with van der Waals surface area (Å²) >= 11 is 0. The highest BCUT2D eigenvalue weighted by molar-refractivity contribution is 5.77. The summed E-state index contributed by atoms with van der Waals surface area (Å²) in [5.74, 6) is -0.796. The third-order valence-corrected chi connectivity index (χ3v) is 3.30. The fourth-order valence-electron chi connectivity index (χ4n) is 2.22. The number of unbranched alkanes of at least 4 members (excludes halogenated alkanes) is 4. The number of carbonyl (C=O) groups is 2. The second-order valence-electron chi connectivity index (χ2n) is 4.96. The molecular weight excluding hydrogens is 232 g/mol. The van der Waals surface area contributed by atoms with E-state index in [1.807, 2.05) is 0 Å². The molecule has 0 aromatic heterocycles. The van der Waals surface area contributed by atoms with Crippen LogP contribution in [0.15, 0.2) is 0 Å². The summed E-state index contributed by atoms with van der Waals surface area (Å²) in [4.78, 5) is 22.4. The molecule has 2 atom stereocenters. The third kappa shape index (κ3) is 5.49. The topological polar surface area (TPSA) is 78.4 Å². The maximum Gasteiger partial charge on any atom is 0.320 e. The Labute approximate surface area is 108 Å². The van der Waals surface area contributed by atoms with Gasteiger partial charge >= 0.3 is 5.97 Å². The first kappa shape index (κ1) is 15.0. The van der Waals surface area contributed by atoms with Crippen LogP contribution in [-0.4, -0.2) is 35.6 Å². The van der Waals surface area contributed by atoms with Crippen molar-refractivity contribution < 1.29 is 14.7 Å². The Morgan fingerprint density at radius 1 is 1.28 bits per heavy atom. The minimum Gasteiger partial charge on any atom is -0.480 e. The van der Waals surface area contributed by atoms with E-state index in [4.69, 9.17) is 5.11 Å². The lowest BCUT2D eigenvalue weighted by Crippen LogP contribution is -2.35. The van der Waals surface area contributed by atoms with Crippen molar-refractivity contribution in [3.63, 3.8) is 0 Å². The molecule has 0 spiro atoms. The van der Waals surface area contributed by atoms with E-state index in [1.165, 1.54) is 19.3 Å². The van der Waals surface area contributed by atoms with Crippen LogP contribution in [0.25, 0.3) is 0 Å². The van der Waals surface area contributed by atoms with Crippen LogP contribution in [0.1, 0.15) is 51.9 Å². The quantitative estimate of drug-likeness (QED) is 0.572. The van der Waals surface area contributed by atoms with Crippen molar-refractivity contribution in [3.05, 3.63) is 0 Å². The van der Waals surface area contributed by atoms with Gasteiger partial charge in [-0.3, -0.25) is 9.59 Å². The Hall–Kier alpha value is -1.10.